The van der Waals surface area contributed by atoms with Gasteiger partial charge in [-0.15, -0.1) is 0 Å². The summed E-state index contributed by atoms with van der Waals surface area (Å²) < 4.78 is 36.0. The standard InChI is InChI=1S/C20H19F2N3O2/c1-24-9-15-14-4-13(21)5-16(22)19(14)25(7-11-2-3-27-10-11)8-12-6-23-18(17(12)15)20(24)26/h4-6,9,11,23H,2-3,7-8,10H2,1H3. The van der Waals surface area contributed by atoms with Crippen LogP contribution < -0.4 is 10.5 Å². The molecule has 1 atom stereocenters. The third kappa shape index (κ3) is 2.49. The number of pyridine rings is 1. The van der Waals surface area contributed by atoms with Crippen LogP contribution >= 0.6 is 0 Å². The van der Waals surface area contributed by atoms with Crippen molar-refractivity contribution in [2.24, 2.45) is 13.0 Å². The average Bonchev–Trinajstić information content (AvgIpc) is 3.25. The van der Waals surface area contributed by atoms with E-state index in [-0.39, 0.29) is 5.56 Å². The van der Waals surface area contributed by atoms with Crippen LogP contribution in [0.4, 0.5) is 14.5 Å². The number of nitrogens with one attached hydrogen (secondary N) is 1. The smallest absolute Gasteiger partial charge is 0.274 e. The number of anilines is 1. The third-order valence-electron chi connectivity index (χ3n) is 5.59. The molecule has 0 aliphatic carbocycles. The topological polar surface area (TPSA) is 50.3 Å². The number of ether oxygens (including phenoxy) is 1. The number of aromatic nitrogens is 2. The molecule has 0 saturated carbocycles. The number of hydrogen-bond donors (Lipinski definition) is 1. The highest BCUT2D eigenvalue weighted by atomic mass is 19.1. The summed E-state index contributed by atoms with van der Waals surface area (Å²) in [4.78, 5) is 17.5. The van der Waals surface area contributed by atoms with Gasteiger partial charge in [0.1, 0.15) is 17.2 Å². The molecule has 0 bridgehead atoms. The summed E-state index contributed by atoms with van der Waals surface area (Å²) in [7, 11) is 1.65. The summed E-state index contributed by atoms with van der Waals surface area (Å²) in [5.41, 5.74) is 2.75. The predicted molar refractivity (Wildman–Crippen MR) is 98.9 cm³/mol. The highest BCUT2D eigenvalue weighted by Gasteiger charge is 2.29. The number of hydrogen-bond acceptors (Lipinski definition) is 3. The van der Waals surface area contributed by atoms with E-state index in [1.807, 2.05) is 4.90 Å². The Bertz CT molecular complexity index is 1110. The summed E-state index contributed by atoms with van der Waals surface area (Å²) in [5, 5.41) is 0.745. The van der Waals surface area contributed by atoms with Crippen molar-refractivity contribution in [3.63, 3.8) is 0 Å². The first-order valence-electron chi connectivity index (χ1n) is 9.04. The lowest BCUT2D eigenvalue weighted by atomic mass is 10.0. The normalized spacial score (nSPS) is 18.8. The first-order chi connectivity index (χ1) is 13.0. The highest BCUT2D eigenvalue weighted by molar-refractivity contribution is 6.01. The Balaban J connectivity index is 1.79. The summed E-state index contributed by atoms with van der Waals surface area (Å²) in [6, 6.07) is 2.29. The quantitative estimate of drug-likeness (QED) is 0.753. The molecule has 0 amide bonds. The van der Waals surface area contributed by atoms with E-state index in [2.05, 4.69) is 4.98 Å². The molecule has 2 aromatic heterocycles. The molecule has 1 saturated heterocycles. The number of halogens is 2. The van der Waals surface area contributed by atoms with Gasteiger partial charge in [0.25, 0.3) is 5.56 Å². The van der Waals surface area contributed by atoms with Crippen molar-refractivity contribution in [1.29, 1.82) is 0 Å². The zero-order valence-electron chi connectivity index (χ0n) is 14.9. The van der Waals surface area contributed by atoms with E-state index < -0.39 is 11.6 Å². The second-order valence-corrected chi connectivity index (χ2v) is 7.42. The molecule has 140 valence electrons. The highest BCUT2D eigenvalue weighted by Crippen LogP contribution is 2.42. The zero-order chi connectivity index (χ0) is 18.7. The summed E-state index contributed by atoms with van der Waals surface area (Å²) in [6.45, 7) is 2.42. The lowest BCUT2D eigenvalue weighted by Crippen LogP contribution is -2.30. The number of aryl methyl sites for hydroxylation is 1. The number of H-pyrrole nitrogens is 1. The fourth-order valence-corrected chi connectivity index (χ4v) is 4.33. The molecule has 1 aromatic carbocycles. The van der Waals surface area contributed by atoms with Gasteiger partial charge in [-0.1, -0.05) is 0 Å². The van der Waals surface area contributed by atoms with Crippen molar-refractivity contribution < 1.29 is 13.5 Å². The van der Waals surface area contributed by atoms with Crippen LogP contribution in [0.15, 0.2) is 29.3 Å². The van der Waals surface area contributed by atoms with E-state index in [9.17, 15) is 13.6 Å². The second-order valence-electron chi connectivity index (χ2n) is 7.42. The van der Waals surface area contributed by atoms with Crippen LogP contribution in [0.5, 0.6) is 0 Å². The molecule has 3 aromatic rings. The molecule has 2 aliphatic rings. The van der Waals surface area contributed by atoms with Gasteiger partial charge >= 0.3 is 0 Å². The van der Waals surface area contributed by atoms with Crippen LogP contribution in [0.3, 0.4) is 0 Å². The Labute approximate surface area is 154 Å². The molecule has 4 heterocycles. The predicted octanol–water partition coefficient (Wildman–Crippen LogP) is 3.17. The lowest BCUT2D eigenvalue weighted by molar-refractivity contribution is 0.186. The number of nitrogens with zero attached hydrogens (tertiary/aromatic N) is 2. The molecule has 27 heavy (non-hydrogen) atoms. The van der Waals surface area contributed by atoms with E-state index in [4.69, 9.17) is 4.74 Å². The Kier molecular flexibility index (Phi) is 3.62. The number of fused-ring (bicyclic) bond motifs is 2. The van der Waals surface area contributed by atoms with Crippen LogP contribution in [-0.4, -0.2) is 29.3 Å². The van der Waals surface area contributed by atoms with Gasteiger partial charge in [-0.3, -0.25) is 4.79 Å². The van der Waals surface area contributed by atoms with E-state index in [1.165, 1.54) is 10.6 Å². The fraction of sp³-hybridized carbons (Fsp3) is 0.350. The molecule has 0 spiro atoms. The largest absolute Gasteiger partial charge is 0.381 e. The summed E-state index contributed by atoms with van der Waals surface area (Å²) in [5.74, 6) is -0.916. The molecule has 2 aliphatic heterocycles. The second kappa shape index (κ2) is 5.92. The van der Waals surface area contributed by atoms with E-state index >= 15 is 0 Å². The van der Waals surface area contributed by atoms with E-state index in [0.29, 0.717) is 54.6 Å². The van der Waals surface area contributed by atoms with Crippen LogP contribution in [0.1, 0.15) is 12.0 Å². The van der Waals surface area contributed by atoms with Crippen molar-refractivity contribution in [2.45, 2.75) is 13.0 Å². The molecule has 0 radical (unpaired) electrons. The fourth-order valence-electron chi connectivity index (χ4n) is 4.33. The summed E-state index contributed by atoms with van der Waals surface area (Å²) >= 11 is 0. The van der Waals surface area contributed by atoms with E-state index in [0.717, 1.165) is 23.4 Å². The molecule has 5 rings (SSSR count). The van der Waals surface area contributed by atoms with Crippen molar-refractivity contribution in [2.75, 3.05) is 24.7 Å². The van der Waals surface area contributed by atoms with Crippen LogP contribution in [0, 0.1) is 17.6 Å². The van der Waals surface area contributed by atoms with Crippen LogP contribution in [-0.2, 0) is 18.3 Å². The van der Waals surface area contributed by atoms with Crippen molar-refractivity contribution in [3.05, 3.63) is 52.1 Å². The van der Waals surface area contributed by atoms with Gasteiger partial charge in [-0.05, 0) is 18.1 Å². The SMILES string of the molecule is Cn1cc2c3c(c[nH]c3c1=O)CN(CC1CCOC1)c1c(F)cc(F)cc1-2. The zero-order valence-corrected chi connectivity index (χ0v) is 14.9. The van der Waals surface area contributed by atoms with Gasteiger partial charge in [-0.25, -0.2) is 8.78 Å². The molecule has 5 nitrogen and oxygen atoms in total. The summed E-state index contributed by atoms with van der Waals surface area (Å²) in [6.07, 6.45) is 4.39. The maximum Gasteiger partial charge on any atom is 0.274 e. The monoisotopic (exact) mass is 371 g/mol. The van der Waals surface area contributed by atoms with Crippen LogP contribution in [0.25, 0.3) is 22.0 Å². The third-order valence-corrected chi connectivity index (χ3v) is 5.59. The van der Waals surface area contributed by atoms with Gasteiger partial charge < -0.3 is 19.2 Å². The molecular formula is C20H19F2N3O2. The van der Waals surface area contributed by atoms with Gasteiger partial charge in [0.05, 0.1) is 12.3 Å². The minimum Gasteiger partial charge on any atom is -0.381 e. The van der Waals surface area contributed by atoms with Gasteiger partial charge in [-0.2, -0.15) is 0 Å². The number of rotatable bonds is 2. The molecule has 1 N–H and O–H groups in total. The Morgan fingerprint density at radius 2 is 2.15 bits per heavy atom. The van der Waals surface area contributed by atoms with Gasteiger partial charge in [0.15, 0.2) is 0 Å². The lowest BCUT2D eigenvalue weighted by Gasteiger charge is -2.28. The van der Waals surface area contributed by atoms with Crippen LogP contribution in [0.2, 0.25) is 0 Å². The maximum absolute atomic E-state index is 14.9. The molecule has 7 heteroatoms. The molecule has 1 fully saturated rings. The van der Waals surface area contributed by atoms with Crippen molar-refractivity contribution in [1.82, 2.24) is 9.55 Å². The van der Waals surface area contributed by atoms with Crippen molar-refractivity contribution >= 4 is 16.6 Å². The first kappa shape index (κ1) is 16.5. The maximum atomic E-state index is 14.9. The Hall–Kier alpha value is -2.67. The van der Waals surface area contributed by atoms with Gasteiger partial charge in [0.2, 0.25) is 0 Å². The Morgan fingerprint density at radius 3 is 2.93 bits per heavy atom. The van der Waals surface area contributed by atoms with Crippen molar-refractivity contribution in [3.8, 4) is 11.1 Å². The number of benzene rings is 1. The minimum absolute atomic E-state index is 0.156. The average molecular weight is 371 g/mol. The Morgan fingerprint density at radius 1 is 1.30 bits per heavy atom. The molecule has 1 unspecified atom stereocenters. The number of aromatic amines is 1. The van der Waals surface area contributed by atoms with Gasteiger partial charge in [0, 0.05) is 67.6 Å². The first-order valence-corrected chi connectivity index (χ1v) is 9.04. The van der Waals surface area contributed by atoms with E-state index in [1.54, 1.807) is 19.4 Å². The molecular weight excluding hydrogens is 352 g/mol. The minimum atomic E-state index is -0.628.